The summed E-state index contributed by atoms with van der Waals surface area (Å²) in [4.78, 5) is 2.64. The molecule has 0 radical (unpaired) electrons. The van der Waals surface area contributed by atoms with Crippen molar-refractivity contribution in [2.24, 2.45) is 5.92 Å². The van der Waals surface area contributed by atoms with Crippen LogP contribution in [0.1, 0.15) is 58.8 Å². The highest BCUT2D eigenvalue weighted by Crippen LogP contribution is 2.27. The van der Waals surface area contributed by atoms with Crippen LogP contribution in [0.25, 0.3) is 0 Å². The zero-order chi connectivity index (χ0) is 12.1. The second-order valence-electron chi connectivity index (χ2n) is 6.26. The van der Waals surface area contributed by atoms with Crippen LogP contribution in [-0.4, -0.2) is 36.6 Å². The van der Waals surface area contributed by atoms with E-state index in [1.165, 1.54) is 64.6 Å². The van der Waals surface area contributed by atoms with Gasteiger partial charge in [-0.3, -0.25) is 0 Å². The Balaban J connectivity index is 1.66. The van der Waals surface area contributed by atoms with Crippen LogP contribution in [0.3, 0.4) is 0 Å². The Labute approximate surface area is 107 Å². The van der Waals surface area contributed by atoms with Crippen molar-refractivity contribution in [3.8, 4) is 0 Å². The molecule has 2 rings (SSSR count). The first-order valence-electron chi connectivity index (χ1n) is 7.74. The number of piperidine rings is 1. The summed E-state index contributed by atoms with van der Waals surface area (Å²) in [5.41, 5.74) is 0. The molecular weight excluding hydrogens is 208 g/mol. The quantitative estimate of drug-likeness (QED) is 0.792. The Kier molecular flexibility index (Phi) is 5.30. The van der Waals surface area contributed by atoms with Crippen LogP contribution >= 0.6 is 0 Å². The van der Waals surface area contributed by atoms with Crippen LogP contribution in [0.5, 0.6) is 0 Å². The van der Waals surface area contributed by atoms with Gasteiger partial charge in [0.05, 0.1) is 0 Å². The van der Waals surface area contributed by atoms with Crippen molar-refractivity contribution in [1.29, 1.82) is 0 Å². The molecule has 2 aliphatic rings. The van der Waals surface area contributed by atoms with E-state index in [2.05, 4.69) is 24.1 Å². The summed E-state index contributed by atoms with van der Waals surface area (Å²) >= 11 is 0. The molecule has 0 amide bonds. The molecule has 1 saturated heterocycles. The van der Waals surface area contributed by atoms with Gasteiger partial charge in [0.15, 0.2) is 0 Å². The number of hydrogen-bond acceptors (Lipinski definition) is 2. The smallest absolute Gasteiger partial charge is 0.0169 e. The van der Waals surface area contributed by atoms with E-state index in [0.29, 0.717) is 6.04 Å². The molecule has 2 atom stereocenters. The average molecular weight is 238 g/mol. The molecule has 100 valence electrons. The van der Waals surface area contributed by atoms with E-state index in [1.54, 1.807) is 0 Å². The minimum absolute atomic E-state index is 0.656. The van der Waals surface area contributed by atoms with Crippen LogP contribution in [0.2, 0.25) is 0 Å². The van der Waals surface area contributed by atoms with E-state index in [0.717, 1.165) is 12.0 Å². The third-order valence-corrected chi connectivity index (χ3v) is 4.64. The Bertz CT molecular complexity index is 205. The van der Waals surface area contributed by atoms with Crippen LogP contribution in [0.4, 0.5) is 0 Å². The minimum Gasteiger partial charge on any atom is -0.310 e. The topological polar surface area (TPSA) is 15.3 Å². The fraction of sp³-hybridized carbons (Fsp3) is 1.00. The molecule has 2 heteroatoms. The van der Waals surface area contributed by atoms with Gasteiger partial charge in [-0.15, -0.1) is 0 Å². The third kappa shape index (κ3) is 4.26. The maximum atomic E-state index is 3.83. The van der Waals surface area contributed by atoms with Gasteiger partial charge in [-0.2, -0.15) is 0 Å². The molecule has 1 N–H and O–H groups in total. The number of rotatable bonds is 5. The van der Waals surface area contributed by atoms with Crippen molar-refractivity contribution < 1.29 is 0 Å². The first-order valence-corrected chi connectivity index (χ1v) is 7.74. The number of hydrogen-bond donors (Lipinski definition) is 1. The van der Waals surface area contributed by atoms with Crippen LogP contribution < -0.4 is 5.32 Å². The van der Waals surface area contributed by atoms with E-state index in [9.17, 15) is 0 Å². The van der Waals surface area contributed by atoms with E-state index >= 15 is 0 Å². The van der Waals surface area contributed by atoms with Crippen molar-refractivity contribution in [1.82, 2.24) is 10.2 Å². The predicted molar refractivity (Wildman–Crippen MR) is 74.3 cm³/mol. The van der Waals surface area contributed by atoms with Crippen molar-refractivity contribution in [2.75, 3.05) is 19.6 Å². The minimum atomic E-state index is 0.656. The third-order valence-electron chi connectivity index (χ3n) is 4.64. The highest BCUT2D eigenvalue weighted by Gasteiger charge is 2.23. The summed E-state index contributed by atoms with van der Waals surface area (Å²) in [6.45, 7) is 8.65. The summed E-state index contributed by atoms with van der Waals surface area (Å²) in [5, 5.41) is 3.83. The maximum absolute atomic E-state index is 3.83. The molecule has 1 aliphatic heterocycles. The van der Waals surface area contributed by atoms with Crippen molar-refractivity contribution in [2.45, 2.75) is 70.9 Å². The molecule has 0 aromatic rings. The van der Waals surface area contributed by atoms with Crippen LogP contribution in [-0.2, 0) is 0 Å². The first-order chi connectivity index (χ1) is 8.25. The SMILES string of the molecule is CC(CN1CCCCC1)NC(C)C1CCCC1. The standard InChI is InChI=1S/C15H30N2/c1-13(12-17-10-6-3-7-11-17)16-14(2)15-8-4-5-9-15/h13-16H,3-12H2,1-2H3. The Morgan fingerprint density at radius 2 is 1.65 bits per heavy atom. The fourth-order valence-electron chi connectivity index (χ4n) is 3.62. The average Bonchev–Trinajstić information content (AvgIpc) is 2.83. The number of nitrogens with zero attached hydrogens (tertiary/aromatic N) is 1. The Morgan fingerprint density at radius 1 is 1.00 bits per heavy atom. The molecule has 17 heavy (non-hydrogen) atoms. The Morgan fingerprint density at radius 3 is 2.29 bits per heavy atom. The molecule has 2 fully saturated rings. The Hall–Kier alpha value is -0.0800. The molecule has 0 spiro atoms. The van der Waals surface area contributed by atoms with Crippen molar-refractivity contribution in [3.63, 3.8) is 0 Å². The van der Waals surface area contributed by atoms with Gasteiger partial charge in [0.1, 0.15) is 0 Å². The summed E-state index contributed by atoms with van der Waals surface area (Å²) < 4.78 is 0. The molecule has 1 heterocycles. The summed E-state index contributed by atoms with van der Waals surface area (Å²) in [6, 6.07) is 1.38. The van der Waals surface area contributed by atoms with Gasteiger partial charge in [0, 0.05) is 18.6 Å². The molecular formula is C15H30N2. The number of likely N-dealkylation sites (tertiary alicyclic amines) is 1. The van der Waals surface area contributed by atoms with Crippen molar-refractivity contribution in [3.05, 3.63) is 0 Å². The van der Waals surface area contributed by atoms with Gasteiger partial charge < -0.3 is 10.2 Å². The lowest BCUT2D eigenvalue weighted by Gasteiger charge is -2.32. The zero-order valence-corrected chi connectivity index (χ0v) is 11.8. The molecule has 0 bridgehead atoms. The summed E-state index contributed by atoms with van der Waals surface area (Å²) in [5.74, 6) is 0.943. The van der Waals surface area contributed by atoms with Crippen LogP contribution in [0.15, 0.2) is 0 Å². The van der Waals surface area contributed by atoms with Crippen molar-refractivity contribution >= 4 is 0 Å². The van der Waals surface area contributed by atoms with Gasteiger partial charge in [0.2, 0.25) is 0 Å². The lowest BCUT2D eigenvalue weighted by Crippen LogP contribution is -2.46. The number of nitrogens with one attached hydrogen (secondary N) is 1. The highest BCUT2D eigenvalue weighted by atomic mass is 15.2. The summed E-state index contributed by atoms with van der Waals surface area (Å²) in [6.07, 6.45) is 10.1. The molecule has 0 aromatic heterocycles. The second kappa shape index (κ2) is 6.75. The molecule has 0 aromatic carbocycles. The highest BCUT2D eigenvalue weighted by molar-refractivity contribution is 4.80. The van der Waals surface area contributed by atoms with E-state index in [1.807, 2.05) is 0 Å². The molecule has 1 aliphatic carbocycles. The fourth-order valence-corrected chi connectivity index (χ4v) is 3.62. The maximum Gasteiger partial charge on any atom is 0.0169 e. The lowest BCUT2D eigenvalue weighted by atomic mass is 9.99. The molecule has 2 unspecified atom stereocenters. The van der Waals surface area contributed by atoms with Gasteiger partial charge in [-0.05, 0) is 58.5 Å². The van der Waals surface area contributed by atoms with E-state index in [-0.39, 0.29) is 0 Å². The van der Waals surface area contributed by atoms with Gasteiger partial charge in [-0.25, -0.2) is 0 Å². The van der Waals surface area contributed by atoms with Gasteiger partial charge >= 0.3 is 0 Å². The largest absolute Gasteiger partial charge is 0.310 e. The monoisotopic (exact) mass is 238 g/mol. The van der Waals surface area contributed by atoms with E-state index < -0.39 is 0 Å². The summed E-state index contributed by atoms with van der Waals surface area (Å²) in [7, 11) is 0. The predicted octanol–water partition coefficient (Wildman–Crippen LogP) is 3.03. The normalized spacial score (nSPS) is 27.2. The zero-order valence-electron chi connectivity index (χ0n) is 11.8. The molecule has 2 nitrogen and oxygen atoms in total. The van der Waals surface area contributed by atoms with Gasteiger partial charge in [0.25, 0.3) is 0 Å². The second-order valence-corrected chi connectivity index (χ2v) is 6.26. The van der Waals surface area contributed by atoms with Crippen LogP contribution in [0, 0.1) is 5.92 Å². The van der Waals surface area contributed by atoms with E-state index in [4.69, 9.17) is 0 Å². The van der Waals surface area contributed by atoms with Gasteiger partial charge in [-0.1, -0.05) is 19.3 Å². The lowest BCUT2D eigenvalue weighted by molar-refractivity contribution is 0.199. The first kappa shape index (κ1) is 13.4. The molecule has 1 saturated carbocycles.